The number of hydroxylamine groups is 2. The highest BCUT2D eigenvalue weighted by atomic mass is 16.7. The van der Waals surface area contributed by atoms with E-state index >= 15 is 0 Å². The highest BCUT2D eigenvalue weighted by Gasteiger charge is 2.55. The maximum atomic E-state index is 13.0. The van der Waals surface area contributed by atoms with Crippen molar-refractivity contribution in [3.8, 4) is 0 Å². The summed E-state index contributed by atoms with van der Waals surface area (Å²) in [7, 11) is 1.63. The van der Waals surface area contributed by atoms with Gasteiger partial charge in [-0.3, -0.25) is 4.79 Å². The Morgan fingerprint density at radius 3 is 2.41 bits per heavy atom. The molecule has 2 unspecified atom stereocenters. The molecule has 1 aromatic carbocycles. The third kappa shape index (κ3) is 2.38. The molecule has 22 heavy (non-hydrogen) atoms. The van der Waals surface area contributed by atoms with E-state index in [1.807, 2.05) is 37.1 Å². The summed E-state index contributed by atoms with van der Waals surface area (Å²) in [4.78, 5) is 18.3. The van der Waals surface area contributed by atoms with E-state index in [9.17, 15) is 9.90 Å². The van der Waals surface area contributed by atoms with Gasteiger partial charge in [-0.05, 0) is 43.4 Å². The molecule has 0 bridgehead atoms. The smallest absolute Gasteiger partial charge is 0.177 e. The number of hydrogen-bond acceptors (Lipinski definition) is 5. The lowest BCUT2D eigenvalue weighted by Crippen LogP contribution is -2.48. The van der Waals surface area contributed by atoms with Gasteiger partial charge in [0.15, 0.2) is 12.1 Å². The first kappa shape index (κ1) is 15.6. The van der Waals surface area contributed by atoms with Gasteiger partial charge in [-0.2, -0.15) is 5.06 Å². The monoisotopic (exact) mass is 305 g/mol. The zero-order valence-corrected chi connectivity index (χ0v) is 13.3. The number of Topliss-reactive ketones (excluding diaryl/α,β-unsaturated/α-hetero) is 1. The predicted octanol–water partition coefficient (Wildman–Crippen LogP) is 1.70. The summed E-state index contributed by atoms with van der Waals surface area (Å²) in [6.07, 6.45) is 0.0393. The van der Waals surface area contributed by atoms with Gasteiger partial charge in [0.05, 0.1) is 13.0 Å². The van der Waals surface area contributed by atoms with Crippen molar-refractivity contribution >= 4 is 5.78 Å². The van der Waals surface area contributed by atoms with Crippen molar-refractivity contribution < 1.29 is 19.5 Å². The molecule has 120 valence electrons. The Morgan fingerprint density at radius 2 is 1.86 bits per heavy atom. The predicted molar refractivity (Wildman–Crippen MR) is 81.3 cm³/mol. The average molecular weight is 305 g/mol. The Kier molecular flexibility index (Phi) is 4.07. The summed E-state index contributed by atoms with van der Waals surface area (Å²) in [5, 5.41) is 12.2. The lowest BCUT2D eigenvalue weighted by molar-refractivity contribution is -0.203. The Hall–Kier alpha value is -1.27. The number of carbonyl (C=O) groups is 1. The first-order valence-electron chi connectivity index (χ1n) is 7.74. The highest BCUT2D eigenvalue weighted by molar-refractivity contribution is 5.96. The van der Waals surface area contributed by atoms with Crippen LogP contribution in [0, 0.1) is 13.8 Å². The SMILES string of the molecule is CON1CCC2(CC1)OC(O)C(c1c(C)cccc1C)C2=O. The first-order chi connectivity index (χ1) is 10.5. The summed E-state index contributed by atoms with van der Waals surface area (Å²) >= 11 is 0. The van der Waals surface area contributed by atoms with Crippen LogP contribution in [0.4, 0.5) is 0 Å². The normalized spacial score (nSPS) is 28.5. The van der Waals surface area contributed by atoms with E-state index in [1.54, 1.807) is 7.11 Å². The largest absolute Gasteiger partial charge is 0.367 e. The fourth-order valence-electron chi connectivity index (χ4n) is 3.76. The summed E-state index contributed by atoms with van der Waals surface area (Å²) in [6, 6.07) is 5.91. The minimum atomic E-state index is -1.07. The van der Waals surface area contributed by atoms with E-state index in [0.29, 0.717) is 25.9 Å². The van der Waals surface area contributed by atoms with Gasteiger partial charge < -0.3 is 14.7 Å². The average Bonchev–Trinajstić information content (AvgIpc) is 2.72. The van der Waals surface area contributed by atoms with Crippen LogP contribution in [0.3, 0.4) is 0 Å². The van der Waals surface area contributed by atoms with Crippen molar-refractivity contribution in [3.63, 3.8) is 0 Å². The lowest BCUT2D eigenvalue weighted by Gasteiger charge is -2.36. The standard InChI is InChI=1S/C17H23NO4/c1-11-5-4-6-12(2)13(11)14-15(19)17(22-16(14)20)7-9-18(21-3)10-8-17/h4-6,14,16,20H,7-10H2,1-3H3. The number of ketones is 1. The van der Waals surface area contributed by atoms with Crippen LogP contribution in [0.5, 0.6) is 0 Å². The van der Waals surface area contributed by atoms with Crippen LogP contribution in [0.2, 0.25) is 0 Å². The summed E-state index contributed by atoms with van der Waals surface area (Å²) in [5.41, 5.74) is 2.08. The molecule has 0 radical (unpaired) electrons. The van der Waals surface area contributed by atoms with Gasteiger partial charge in [0.1, 0.15) is 5.60 Å². The summed E-state index contributed by atoms with van der Waals surface area (Å²) in [6.45, 7) is 5.21. The number of carbonyl (C=O) groups excluding carboxylic acids is 1. The van der Waals surface area contributed by atoms with Gasteiger partial charge in [0, 0.05) is 13.1 Å². The second kappa shape index (κ2) is 5.74. The van der Waals surface area contributed by atoms with Crippen molar-refractivity contribution in [1.29, 1.82) is 0 Å². The molecule has 1 N–H and O–H groups in total. The summed E-state index contributed by atoms with van der Waals surface area (Å²) in [5.74, 6) is -0.580. The molecule has 2 atom stereocenters. The molecule has 1 spiro atoms. The molecule has 2 heterocycles. The first-order valence-corrected chi connectivity index (χ1v) is 7.74. The molecule has 2 fully saturated rings. The number of rotatable bonds is 2. The molecular weight excluding hydrogens is 282 g/mol. The van der Waals surface area contributed by atoms with E-state index in [1.165, 1.54) is 0 Å². The van der Waals surface area contributed by atoms with E-state index in [2.05, 4.69) is 0 Å². The van der Waals surface area contributed by atoms with Gasteiger partial charge in [-0.25, -0.2) is 0 Å². The number of benzene rings is 1. The topological polar surface area (TPSA) is 59.0 Å². The Balaban J connectivity index is 1.91. The van der Waals surface area contributed by atoms with Gasteiger partial charge in [-0.15, -0.1) is 0 Å². The second-order valence-corrected chi connectivity index (χ2v) is 6.26. The van der Waals surface area contributed by atoms with Crippen LogP contribution in [0.1, 0.15) is 35.4 Å². The Labute approximate surface area is 130 Å². The van der Waals surface area contributed by atoms with Gasteiger partial charge >= 0.3 is 0 Å². The second-order valence-electron chi connectivity index (χ2n) is 6.26. The molecule has 0 aliphatic carbocycles. The quantitative estimate of drug-likeness (QED) is 0.901. The van der Waals surface area contributed by atoms with E-state index in [-0.39, 0.29) is 5.78 Å². The number of piperidine rings is 1. The minimum absolute atomic E-state index is 0.00755. The molecule has 2 aliphatic heterocycles. The van der Waals surface area contributed by atoms with E-state index in [4.69, 9.17) is 9.57 Å². The van der Waals surface area contributed by atoms with Gasteiger partial charge in [-0.1, -0.05) is 18.2 Å². The maximum absolute atomic E-state index is 13.0. The molecular formula is C17H23NO4. The van der Waals surface area contributed by atoms with E-state index < -0.39 is 17.8 Å². The number of aryl methyl sites for hydroxylation is 2. The van der Waals surface area contributed by atoms with Crippen molar-refractivity contribution in [1.82, 2.24) is 5.06 Å². The van der Waals surface area contributed by atoms with Crippen LogP contribution in [-0.2, 0) is 14.4 Å². The van der Waals surface area contributed by atoms with Crippen molar-refractivity contribution in [2.45, 2.75) is 44.5 Å². The molecule has 3 rings (SSSR count). The van der Waals surface area contributed by atoms with Gasteiger partial charge in [0.2, 0.25) is 0 Å². The van der Waals surface area contributed by atoms with Crippen LogP contribution in [0.15, 0.2) is 18.2 Å². The molecule has 2 saturated heterocycles. The number of hydrogen-bond donors (Lipinski definition) is 1. The molecule has 5 heteroatoms. The van der Waals surface area contributed by atoms with Crippen molar-refractivity contribution in [3.05, 3.63) is 34.9 Å². The Morgan fingerprint density at radius 1 is 1.27 bits per heavy atom. The zero-order chi connectivity index (χ0) is 15.9. The molecule has 1 aromatic rings. The maximum Gasteiger partial charge on any atom is 0.177 e. The van der Waals surface area contributed by atoms with Crippen LogP contribution in [0.25, 0.3) is 0 Å². The fraction of sp³-hybridized carbons (Fsp3) is 0.588. The fourth-order valence-corrected chi connectivity index (χ4v) is 3.76. The third-order valence-corrected chi connectivity index (χ3v) is 5.00. The minimum Gasteiger partial charge on any atom is -0.367 e. The number of nitrogens with zero attached hydrogens (tertiary/aromatic N) is 1. The van der Waals surface area contributed by atoms with Crippen molar-refractivity contribution in [2.75, 3.05) is 20.2 Å². The molecule has 0 amide bonds. The number of aliphatic hydroxyl groups excluding tert-OH is 1. The molecule has 0 aromatic heterocycles. The summed E-state index contributed by atoms with van der Waals surface area (Å²) < 4.78 is 5.80. The molecule has 2 aliphatic rings. The van der Waals surface area contributed by atoms with Crippen LogP contribution < -0.4 is 0 Å². The van der Waals surface area contributed by atoms with E-state index in [0.717, 1.165) is 16.7 Å². The lowest BCUT2D eigenvalue weighted by atomic mass is 9.79. The molecule has 5 nitrogen and oxygen atoms in total. The Bertz CT molecular complexity index is 558. The van der Waals surface area contributed by atoms with Crippen molar-refractivity contribution in [2.24, 2.45) is 0 Å². The molecule has 0 saturated carbocycles. The van der Waals surface area contributed by atoms with Gasteiger partial charge in [0.25, 0.3) is 0 Å². The zero-order valence-electron chi connectivity index (χ0n) is 13.3. The third-order valence-electron chi connectivity index (χ3n) is 5.00. The van der Waals surface area contributed by atoms with Crippen LogP contribution in [-0.4, -0.2) is 48.0 Å². The highest BCUT2D eigenvalue weighted by Crippen LogP contribution is 2.44. The van der Waals surface area contributed by atoms with Crippen LogP contribution >= 0.6 is 0 Å². The number of aliphatic hydroxyl groups is 1. The number of ether oxygens (including phenoxy) is 1.